The molecule has 6 heteroatoms. The maximum Gasteiger partial charge on any atom is 0.188 e. The number of aliphatic imine (C=N–C) groups is 1. The monoisotopic (exact) mass is 349 g/mol. The molecule has 2 fully saturated rings. The molecule has 0 bridgehead atoms. The highest BCUT2D eigenvalue weighted by atomic mass is 32.1. The van der Waals surface area contributed by atoms with E-state index in [1.165, 1.54) is 50.2 Å². The number of hydrogen-bond donors (Lipinski definition) is 2. The molecule has 134 valence electrons. The number of nitrogens with two attached hydrogens (primary N) is 1. The van der Waals surface area contributed by atoms with E-state index in [4.69, 9.17) is 5.73 Å². The Morgan fingerprint density at radius 2 is 2.21 bits per heavy atom. The van der Waals surface area contributed by atoms with Crippen LogP contribution in [0.3, 0.4) is 0 Å². The van der Waals surface area contributed by atoms with Crippen molar-refractivity contribution >= 4 is 17.3 Å². The van der Waals surface area contributed by atoms with E-state index in [2.05, 4.69) is 44.5 Å². The largest absolute Gasteiger partial charge is 0.370 e. The second kappa shape index (κ2) is 8.83. The summed E-state index contributed by atoms with van der Waals surface area (Å²) in [7, 11) is 0. The fraction of sp³-hybridized carbons (Fsp3) is 0.722. The quantitative estimate of drug-likeness (QED) is 0.586. The van der Waals surface area contributed by atoms with Crippen LogP contribution in [0.2, 0.25) is 0 Å². The lowest BCUT2D eigenvalue weighted by Gasteiger charge is -2.26. The topological polar surface area (TPSA) is 56.9 Å². The minimum absolute atomic E-state index is 0.381. The van der Waals surface area contributed by atoms with Gasteiger partial charge < -0.3 is 11.1 Å². The van der Waals surface area contributed by atoms with Gasteiger partial charge in [-0.1, -0.05) is 13.0 Å². The van der Waals surface area contributed by atoms with Crippen LogP contribution in [0.15, 0.2) is 22.5 Å². The molecule has 24 heavy (non-hydrogen) atoms. The summed E-state index contributed by atoms with van der Waals surface area (Å²) in [5, 5.41) is 5.51. The molecule has 2 atom stereocenters. The van der Waals surface area contributed by atoms with Gasteiger partial charge >= 0.3 is 0 Å². The van der Waals surface area contributed by atoms with E-state index in [0.29, 0.717) is 18.0 Å². The van der Waals surface area contributed by atoms with Crippen LogP contribution in [0.1, 0.15) is 43.5 Å². The Morgan fingerprint density at radius 1 is 1.38 bits per heavy atom. The van der Waals surface area contributed by atoms with E-state index < -0.39 is 0 Å². The van der Waals surface area contributed by atoms with Crippen molar-refractivity contribution in [2.75, 3.05) is 39.3 Å². The van der Waals surface area contributed by atoms with Crippen molar-refractivity contribution in [3.8, 4) is 0 Å². The lowest BCUT2D eigenvalue weighted by Crippen LogP contribution is -2.43. The van der Waals surface area contributed by atoms with Crippen LogP contribution in [-0.4, -0.2) is 61.1 Å². The smallest absolute Gasteiger partial charge is 0.188 e. The number of hydrogen-bond acceptors (Lipinski definition) is 4. The summed E-state index contributed by atoms with van der Waals surface area (Å²) in [5.41, 5.74) is 6.14. The van der Waals surface area contributed by atoms with Crippen molar-refractivity contribution in [3.05, 3.63) is 22.4 Å². The third-order valence-corrected chi connectivity index (χ3v) is 6.29. The SMILES string of the molecule is CCN1CCCC1CNC(N)=NCC(c1cccs1)N1CCCC1. The van der Waals surface area contributed by atoms with Crippen molar-refractivity contribution < 1.29 is 0 Å². The number of thiophene rings is 1. The zero-order chi connectivity index (χ0) is 16.8. The molecule has 1 aromatic rings. The highest BCUT2D eigenvalue weighted by Gasteiger charge is 2.25. The van der Waals surface area contributed by atoms with E-state index in [1.54, 1.807) is 0 Å². The summed E-state index contributed by atoms with van der Waals surface area (Å²) in [6.07, 6.45) is 5.16. The Labute approximate surface area is 149 Å². The van der Waals surface area contributed by atoms with Crippen LogP contribution in [0.4, 0.5) is 0 Å². The predicted octanol–water partition coefficient (Wildman–Crippen LogP) is 2.27. The van der Waals surface area contributed by atoms with Crippen molar-refractivity contribution in [2.45, 2.75) is 44.7 Å². The molecule has 0 aliphatic carbocycles. The van der Waals surface area contributed by atoms with Gasteiger partial charge in [-0.05, 0) is 63.3 Å². The summed E-state index contributed by atoms with van der Waals surface area (Å²) in [5.74, 6) is 0.596. The van der Waals surface area contributed by atoms with Gasteiger partial charge in [-0.15, -0.1) is 11.3 Å². The van der Waals surface area contributed by atoms with Crippen molar-refractivity contribution in [1.82, 2.24) is 15.1 Å². The minimum atomic E-state index is 0.381. The second-order valence-electron chi connectivity index (χ2n) is 6.81. The van der Waals surface area contributed by atoms with Gasteiger partial charge in [0.05, 0.1) is 12.6 Å². The average molecular weight is 350 g/mol. The lowest BCUT2D eigenvalue weighted by molar-refractivity contribution is 0.254. The van der Waals surface area contributed by atoms with Crippen LogP contribution in [0, 0.1) is 0 Å². The molecule has 2 unspecified atom stereocenters. The first-order valence-electron chi connectivity index (χ1n) is 9.33. The van der Waals surface area contributed by atoms with E-state index in [0.717, 1.165) is 19.6 Å². The zero-order valence-electron chi connectivity index (χ0n) is 14.8. The molecule has 2 aliphatic rings. The van der Waals surface area contributed by atoms with Gasteiger partial charge in [0.15, 0.2) is 5.96 Å². The van der Waals surface area contributed by atoms with E-state index >= 15 is 0 Å². The van der Waals surface area contributed by atoms with Gasteiger partial charge in [-0.2, -0.15) is 0 Å². The number of nitrogens with zero attached hydrogens (tertiary/aromatic N) is 3. The third-order valence-electron chi connectivity index (χ3n) is 5.31. The second-order valence-corrected chi connectivity index (χ2v) is 7.79. The summed E-state index contributed by atoms with van der Waals surface area (Å²) >= 11 is 1.83. The summed E-state index contributed by atoms with van der Waals surface area (Å²) in [4.78, 5) is 11.2. The van der Waals surface area contributed by atoms with Crippen LogP contribution in [0.5, 0.6) is 0 Å². The molecule has 1 aromatic heterocycles. The highest BCUT2D eigenvalue weighted by Crippen LogP contribution is 2.28. The van der Waals surface area contributed by atoms with Gasteiger partial charge in [0, 0.05) is 17.5 Å². The number of guanidine groups is 1. The fourth-order valence-corrected chi connectivity index (χ4v) is 4.78. The molecular weight excluding hydrogens is 318 g/mol. The molecule has 2 aliphatic heterocycles. The fourth-order valence-electron chi connectivity index (χ4n) is 3.93. The Bertz CT molecular complexity index is 509. The molecule has 0 amide bonds. The zero-order valence-corrected chi connectivity index (χ0v) is 15.6. The minimum Gasteiger partial charge on any atom is -0.370 e. The number of nitrogens with one attached hydrogen (secondary N) is 1. The molecule has 0 radical (unpaired) electrons. The third kappa shape index (κ3) is 4.49. The standard InChI is InChI=1S/C18H31N5S/c1-2-22-11-5-7-15(22)13-20-18(19)21-14-16(17-8-6-12-24-17)23-9-3-4-10-23/h6,8,12,15-16H,2-5,7,9-11,13-14H2,1H3,(H3,19,20,21). The van der Waals surface area contributed by atoms with E-state index in [9.17, 15) is 0 Å². The van der Waals surface area contributed by atoms with Crippen molar-refractivity contribution in [1.29, 1.82) is 0 Å². The highest BCUT2D eigenvalue weighted by molar-refractivity contribution is 7.10. The molecule has 3 rings (SSSR count). The Hall–Kier alpha value is -1.11. The molecule has 3 N–H and O–H groups in total. The van der Waals surface area contributed by atoms with Gasteiger partial charge in [0.1, 0.15) is 0 Å². The van der Waals surface area contributed by atoms with E-state index in [1.807, 2.05) is 11.3 Å². The van der Waals surface area contributed by atoms with Crippen LogP contribution in [-0.2, 0) is 0 Å². The molecule has 0 spiro atoms. The first-order valence-corrected chi connectivity index (χ1v) is 10.2. The summed E-state index contributed by atoms with van der Waals surface area (Å²) in [6, 6.07) is 5.35. The summed E-state index contributed by atoms with van der Waals surface area (Å²) < 4.78 is 0. The van der Waals surface area contributed by atoms with Crippen molar-refractivity contribution in [3.63, 3.8) is 0 Å². The first-order chi connectivity index (χ1) is 11.8. The molecule has 3 heterocycles. The molecule has 0 saturated carbocycles. The Morgan fingerprint density at radius 3 is 2.92 bits per heavy atom. The van der Waals surface area contributed by atoms with E-state index in [-0.39, 0.29) is 0 Å². The van der Waals surface area contributed by atoms with Crippen molar-refractivity contribution in [2.24, 2.45) is 10.7 Å². The Kier molecular flexibility index (Phi) is 6.51. The maximum absolute atomic E-state index is 6.14. The number of rotatable bonds is 7. The van der Waals surface area contributed by atoms with Gasteiger partial charge in [-0.3, -0.25) is 14.8 Å². The van der Waals surface area contributed by atoms with Crippen LogP contribution in [0.25, 0.3) is 0 Å². The molecular formula is C18H31N5S. The average Bonchev–Trinajstić information content (AvgIpc) is 3.34. The number of likely N-dealkylation sites (tertiary alicyclic amines) is 2. The lowest BCUT2D eigenvalue weighted by atomic mass is 10.2. The molecule has 5 nitrogen and oxygen atoms in total. The maximum atomic E-state index is 6.14. The Balaban J connectivity index is 1.53. The summed E-state index contributed by atoms with van der Waals surface area (Å²) in [6.45, 7) is 8.60. The predicted molar refractivity (Wildman–Crippen MR) is 103 cm³/mol. The van der Waals surface area contributed by atoms with Gasteiger partial charge in [0.25, 0.3) is 0 Å². The van der Waals surface area contributed by atoms with Gasteiger partial charge in [0.2, 0.25) is 0 Å². The van der Waals surface area contributed by atoms with Crippen LogP contribution >= 0.6 is 11.3 Å². The van der Waals surface area contributed by atoms with Crippen LogP contribution < -0.4 is 11.1 Å². The molecule has 2 saturated heterocycles. The first kappa shape index (κ1) is 17.7. The molecule has 0 aromatic carbocycles. The normalized spacial score (nSPS) is 24.5. The number of likely N-dealkylation sites (N-methyl/N-ethyl adjacent to an activating group) is 1. The van der Waals surface area contributed by atoms with Gasteiger partial charge in [-0.25, -0.2) is 0 Å².